The number of nitrogens with two attached hydrogens (primary N) is 1. The zero-order chi connectivity index (χ0) is 11.8. The molecule has 4 nitrogen and oxygen atoms in total. The summed E-state index contributed by atoms with van der Waals surface area (Å²) in [5, 5.41) is 2.73. The number of hydrogen-bond acceptors (Lipinski definition) is 4. The van der Waals surface area contributed by atoms with Gasteiger partial charge < -0.3 is 15.5 Å². The van der Waals surface area contributed by atoms with Crippen LogP contribution in [-0.4, -0.2) is 24.0 Å². The van der Waals surface area contributed by atoms with Crippen LogP contribution in [0.4, 0.5) is 0 Å². The summed E-state index contributed by atoms with van der Waals surface area (Å²) >= 11 is 1.60. The van der Waals surface area contributed by atoms with Gasteiger partial charge in [-0.05, 0) is 12.1 Å². The third-order valence-electron chi connectivity index (χ3n) is 1.80. The van der Waals surface area contributed by atoms with E-state index >= 15 is 0 Å². The van der Waals surface area contributed by atoms with Crippen LogP contribution in [0.1, 0.15) is 16.3 Å². The van der Waals surface area contributed by atoms with E-state index < -0.39 is 0 Å². The van der Waals surface area contributed by atoms with Crippen LogP contribution in [0.25, 0.3) is 0 Å². The third-order valence-corrected chi connectivity index (χ3v) is 2.67. The van der Waals surface area contributed by atoms with Gasteiger partial charge in [-0.25, -0.2) is 0 Å². The molecule has 16 heavy (non-hydrogen) atoms. The Kier molecular flexibility index (Phi) is 5.54. The quantitative estimate of drug-likeness (QED) is 0.569. The monoisotopic (exact) mass is 238 g/mol. The van der Waals surface area contributed by atoms with Crippen LogP contribution in [0.5, 0.6) is 0 Å². The molecule has 86 valence electrons. The number of hydrogen-bond donors (Lipinski definition) is 2. The molecule has 0 bridgehead atoms. The van der Waals surface area contributed by atoms with Crippen molar-refractivity contribution in [1.82, 2.24) is 5.32 Å². The minimum atomic E-state index is -0.221. The van der Waals surface area contributed by atoms with E-state index in [0.717, 1.165) is 5.75 Å². The lowest BCUT2D eigenvalue weighted by Crippen LogP contribution is -2.25. The van der Waals surface area contributed by atoms with Crippen LogP contribution in [0.3, 0.4) is 0 Å². The van der Waals surface area contributed by atoms with Crippen molar-refractivity contribution in [2.24, 2.45) is 5.73 Å². The van der Waals surface area contributed by atoms with Crippen LogP contribution in [0.15, 0.2) is 16.5 Å². The zero-order valence-electron chi connectivity index (χ0n) is 8.86. The Morgan fingerprint density at radius 1 is 1.62 bits per heavy atom. The smallest absolute Gasteiger partial charge is 0.287 e. The molecule has 0 aliphatic rings. The first-order chi connectivity index (χ1) is 7.77. The van der Waals surface area contributed by atoms with Gasteiger partial charge in [0.1, 0.15) is 5.76 Å². The summed E-state index contributed by atoms with van der Waals surface area (Å²) in [4.78, 5) is 11.5. The summed E-state index contributed by atoms with van der Waals surface area (Å²) in [6.07, 6.45) is 5.09. The molecule has 0 unspecified atom stereocenters. The van der Waals surface area contributed by atoms with Gasteiger partial charge in [0, 0.05) is 12.3 Å². The minimum Gasteiger partial charge on any atom is -0.455 e. The molecule has 0 fully saturated rings. The van der Waals surface area contributed by atoms with Crippen LogP contribution in [0, 0.1) is 12.3 Å². The molecule has 5 heteroatoms. The number of terminal acetylenes is 1. The highest BCUT2D eigenvalue weighted by atomic mass is 32.2. The lowest BCUT2D eigenvalue weighted by Gasteiger charge is -2.01. The molecular weight excluding hydrogens is 224 g/mol. The van der Waals surface area contributed by atoms with Gasteiger partial charge in [0.15, 0.2) is 5.76 Å². The molecule has 3 N–H and O–H groups in total. The number of amides is 1. The number of carbonyl (C=O) groups is 1. The Morgan fingerprint density at radius 2 is 2.44 bits per heavy atom. The average molecular weight is 238 g/mol. The number of carbonyl (C=O) groups excluding carboxylic acids is 1. The predicted molar refractivity (Wildman–Crippen MR) is 65.1 cm³/mol. The molecule has 0 saturated carbocycles. The van der Waals surface area contributed by atoms with Gasteiger partial charge in [0.05, 0.1) is 12.3 Å². The van der Waals surface area contributed by atoms with Crippen molar-refractivity contribution in [3.05, 3.63) is 23.7 Å². The molecule has 1 rings (SSSR count). The Labute approximate surface area is 99.0 Å². The van der Waals surface area contributed by atoms with Gasteiger partial charge >= 0.3 is 0 Å². The van der Waals surface area contributed by atoms with Crippen LogP contribution >= 0.6 is 11.8 Å². The van der Waals surface area contributed by atoms with Crippen LogP contribution in [-0.2, 0) is 6.54 Å². The first-order valence-electron chi connectivity index (χ1n) is 4.86. The van der Waals surface area contributed by atoms with Gasteiger partial charge in [0.2, 0.25) is 0 Å². The van der Waals surface area contributed by atoms with E-state index in [1.165, 1.54) is 0 Å². The molecular formula is C11H14N2O2S. The normalized spacial score (nSPS) is 9.75. The van der Waals surface area contributed by atoms with Crippen molar-refractivity contribution >= 4 is 17.7 Å². The second-order valence-corrected chi connectivity index (χ2v) is 4.09. The fourth-order valence-electron chi connectivity index (χ4n) is 1.06. The summed E-state index contributed by atoms with van der Waals surface area (Å²) in [5.41, 5.74) is 5.37. The predicted octanol–water partition coefficient (Wildman–Crippen LogP) is 0.835. The highest BCUT2D eigenvalue weighted by molar-refractivity contribution is 7.99. The Bertz CT molecular complexity index is 382. The highest BCUT2D eigenvalue weighted by Crippen LogP contribution is 2.06. The van der Waals surface area contributed by atoms with Gasteiger partial charge in [-0.3, -0.25) is 4.79 Å². The summed E-state index contributed by atoms with van der Waals surface area (Å²) in [6.45, 7) is 0.870. The largest absolute Gasteiger partial charge is 0.455 e. The Morgan fingerprint density at radius 3 is 3.06 bits per heavy atom. The molecule has 0 atom stereocenters. The van der Waals surface area contributed by atoms with Crippen molar-refractivity contribution in [2.75, 3.05) is 18.1 Å². The third kappa shape index (κ3) is 4.01. The molecule has 0 aliphatic carbocycles. The number of thioether (sulfide) groups is 1. The first kappa shape index (κ1) is 12.7. The van der Waals surface area contributed by atoms with Crippen molar-refractivity contribution in [1.29, 1.82) is 0 Å². The molecule has 0 spiro atoms. The van der Waals surface area contributed by atoms with Gasteiger partial charge in [-0.1, -0.05) is 5.92 Å². The zero-order valence-corrected chi connectivity index (χ0v) is 9.68. The maximum Gasteiger partial charge on any atom is 0.287 e. The second-order valence-electron chi connectivity index (χ2n) is 2.98. The summed E-state index contributed by atoms with van der Waals surface area (Å²) in [7, 11) is 0. The molecule has 0 radical (unpaired) electrons. The van der Waals surface area contributed by atoms with E-state index in [0.29, 0.717) is 30.4 Å². The van der Waals surface area contributed by atoms with E-state index in [2.05, 4.69) is 11.2 Å². The molecule has 1 aromatic rings. The first-order valence-corrected chi connectivity index (χ1v) is 6.01. The Hall–Kier alpha value is -1.38. The highest BCUT2D eigenvalue weighted by Gasteiger charge is 2.09. The van der Waals surface area contributed by atoms with Gasteiger partial charge in [-0.2, -0.15) is 0 Å². The lowest BCUT2D eigenvalue weighted by atomic mass is 10.4. The van der Waals surface area contributed by atoms with Crippen LogP contribution in [0.2, 0.25) is 0 Å². The fraction of sp³-hybridized carbons (Fsp3) is 0.364. The second kappa shape index (κ2) is 6.99. The van der Waals surface area contributed by atoms with Crippen molar-refractivity contribution in [3.8, 4) is 12.3 Å². The Balaban J connectivity index is 2.27. The van der Waals surface area contributed by atoms with E-state index in [1.54, 1.807) is 23.9 Å². The van der Waals surface area contributed by atoms with Crippen molar-refractivity contribution < 1.29 is 9.21 Å². The number of furan rings is 1. The van der Waals surface area contributed by atoms with Crippen molar-refractivity contribution in [2.45, 2.75) is 6.54 Å². The molecule has 1 amide bonds. The molecule has 1 aromatic heterocycles. The van der Waals surface area contributed by atoms with Crippen molar-refractivity contribution in [3.63, 3.8) is 0 Å². The fourth-order valence-corrected chi connectivity index (χ4v) is 1.57. The minimum absolute atomic E-state index is 0.221. The lowest BCUT2D eigenvalue weighted by molar-refractivity contribution is 0.0927. The molecule has 1 heterocycles. The van der Waals surface area contributed by atoms with E-state index in [9.17, 15) is 4.79 Å². The van der Waals surface area contributed by atoms with Gasteiger partial charge in [0.25, 0.3) is 5.91 Å². The molecule has 0 aromatic carbocycles. The summed E-state index contributed by atoms with van der Waals surface area (Å²) < 4.78 is 5.20. The number of nitrogens with one attached hydrogen (secondary N) is 1. The van der Waals surface area contributed by atoms with E-state index in [1.807, 2.05) is 0 Å². The SMILES string of the molecule is C#CCSCCNC(=O)c1ccc(CN)o1. The number of rotatable bonds is 6. The maximum absolute atomic E-state index is 11.5. The summed E-state index contributed by atoms with van der Waals surface area (Å²) in [5.74, 6) is 4.65. The average Bonchev–Trinajstić information content (AvgIpc) is 2.77. The van der Waals surface area contributed by atoms with E-state index in [4.69, 9.17) is 16.6 Å². The topological polar surface area (TPSA) is 68.3 Å². The summed E-state index contributed by atoms with van der Waals surface area (Å²) in [6, 6.07) is 3.31. The standard InChI is InChI=1S/C11H14N2O2S/c1-2-6-16-7-5-13-11(14)10-4-3-9(8-12)15-10/h1,3-4H,5-8,12H2,(H,13,14). The van der Waals surface area contributed by atoms with Crippen LogP contribution < -0.4 is 11.1 Å². The maximum atomic E-state index is 11.5. The molecule has 0 saturated heterocycles. The van der Waals surface area contributed by atoms with Gasteiger partial charge in [-0.15, -0.1) is 18.2 Å². The molecule has 0 aliphatic heterocycles. The van der Waals surface area contributed by atoms with E-state index in [-0.39, 0.29) is 5.91 Å².